The van der Waals surface area contributed by atoms with Crippen molar-refractivity contribution in [2.75, 3.05) is 33.2 Å². The van der Waals surface area contributed by atoms with E-state index in [0.29, 0.717) is 44.1 Å². The highest BCUT2D eigenvalue weighted by atomic mass is 16.5. The molecule has 47 heavy (non-hydrogen) atoms. The fraction of sp³-hybridized carbons (Fsp3) is 0.472. The van der Waals surface area contributed by atoms with Crippen LogP contribution in [0.3, 0.4) is 0 Å². The molecule has 2 N–H and O–H groups in total. The highest BCUT2D eigenvalue weighted by Crippen LogP contribution is 2.45. The van der Waals surface area contributed by atoms with Crippen LogP contribution in [0.2, 0.25) is 0 Å². The van der Waals surface area contributed by atoms with Crippen LogP contribution < -0.4 is 10.6 Å². The third kappa shape index (κ3) is 7.25. The predicted octanol–water partition coefficient (Wildman–Crippen LogP) is 2.86. The Morgan fingerprint density at radius 2 is 1.62 bits per heavy atom. The first-order valence-electron chi connectivity index (χ1n) is 16.6. The summed E-state index contributed by atoms with van der Waals surface area (Å²) in [4.78, 5) is 57.5. The Balaban J connectivity index is 1.16. The van der Waals surface area contributed by atoms with Gasteiger partial charge in [0.2, 0.25) is 17.7 Å². The number of ether oxygens (including phenoxy) is 1. The number of rotatable bonds is 12. The molecule has 1 aliphatic carbocycles. The van der Waals surface area contributed by atoms with Gasteiger partial charge >= 0.3 is 0 Å². The van der Waals surface area contributed by atoms with Crippen molar-refractivity contribution >= 4 is 23.6 Å². The van der Waals surface area contributed by atoms with Gasteiger partial charge in [0.15, 0.2) is 0 Å². The Labute approximate surface area is 275 Å². The van der Waals surface area contributed by atoms with E-state index in [1.165, 1.54) is 13.5 Å². The molecule has 0 bridgehead atoms. The quantitative estimate of drug-likeness (QED) is 0.314. The third-order valence-electron chi connectivity index (χ3n) is 10.0. The third-order valence-corrected chi connectivity index (χ3v) is 10.0. The van der Waals surface area contributed by atoms with Crippen molar-refractivity contribution in [1.29, 1.82) is 0 Å². The van der Waals surface area contributed by atoms with Gasteiger partial charge in [-0.15, -0.1) is 0 Å². The lowest BCUT2D eigenvalue weighted by Crippen LogP contribution is -2.65. The van der Waals surface area contributed by atoms with Crippen LogP contribution in [0.15, 0.2) is 73.1 Å². The van der Waals surface area contributed by atoms with Gasteiger partial charge in [-0.3, -0.25) is 23.9 Å². The number of nitrogens with one attached hydrogen (secondary N) is 2. The van der Waals surface area contributed by atoms with E-state index in [0.717, 1.165) is 24.0 Å². The first kappa shape index (κ1) is 32.4. The molecule has 0 unspecified atom stereocenters. The molecule has 2 aromatic carbocycles. The first-order chi connectivity index (χ1) is 22.7. The van der Waals surface area contributed by atoms with E-state index in [-0.39, 0.29) is 36.8 Å². The zero-order chi connectivity index (χ0) is 33.0. The van der Waals surface area contributed by atoms with Crippen LogP contribution in [0.4, 0.5) is 0 Å². The summed E-state index contributed by atoms with van der Waals surface area (Å²) in [5.41, 5.74) is 1.87. The molecule has 248 valence electrons. The summed E-state index contributed by atoms with van der Waals surface area (Å²) in [5, 5.41) is 10.0. The number of aromatic nitrogens is 2. The topological polar surface area (TPSA) is 126 Å². The number of amides is 4. The van der Waals surface area contributed by atoms with Crippen LogP contribution in [0, 0.1) is 17.3 Å². The van der Waals surface area contributed by atoms with Crippen molar-refractivity contribution in [2.24, 2.45) is 17.3 Å². The molecule has 3 heterocycles. The molecule has 6 rings (SSSR count). The van der Waals surface area contributed by atoms with Crippen LogP contribution in [-0.2, 0) is 32.3 Å². The van der Waals surface area contributed by atoms with Gasteiger partial charge in [-0.05, 0) is 36.8 Å². The number of carbonyl (C=O) groups excluding carboxylic acids is 4. The Morgan fingerprint density at radius 1 is 0.957 bits per heavy atom. The molecule has 0 radical (unpaired) electrons. The lowest BCUT2D eigenvalue weighted by Gasteiger charge is -2.51. The van der Waals surface area contributed by atoms with Crippen LogP contribution in [-0.4, -0.2) is 88.6 Å². The van der Waals surface area contributed by atoms with Gasteiger partial charge < -0.3 is 25.2 Å². The van der Waals surface area contributed by atoms with Crippen molar-refractivity contribution in [1.82, 2.24) is 30.2 Å². The first-order valence-corrected chi connectivity index (χ1v) is 16.6. The molecular weight excluding hydrogens is 596 g/mol. The van der Waals surface area contributed by atoms with Crippen LogP contribution in [0.25, 0.3) is 0 Å². The minimum Gasteiger partial charge on any atom is -0.371 e. The monoisotopic (exact) mass is 640 g/mol. The minimum atomic E-state index is -0.939. The zero-order valence-electron chi connectivity index (χ0n) is 27.1. The Kier molecular flexibility index (Phi) is 9.72. The molecule has 4 amide bonds. The molecular formula is C36H44N6O5. The van der Waals surface area contributed by atoms with Crippen LogP contribution >= 0.6 is 0 Å². The largest absolute Gasteiger partial charge is 0.371 e. The normalized spacial score (nSPS) is 19.8. The van der Waals surface area contributed by atoms with Gasteiger partial charge in [0, 0.05) is 51.3 Å². The van der Waals surface area contributed by atoms with Crippen molar-refractivity contribution in [3.8, 4) is 0 Å². The van der Waals surface area contributed by atoms with E-state index < -0.39 is 23.5 Å². The Hall–Kier alpha value is -4.51. The molecule has 3 atom stereocenters. The van der Waals surface area contributed by atoms with Gasteiger partial charge in [-0.2, -0.15) is 5.10 Å². The molecule has 1 spiro atoms. The molecule has 11 heteroatoms. The summed E-state index contributed by atoms with van der Waals surface area (Å²) in [5.74, 6) is -0.950. The maximum absolute atomic E-state index is 14.1. The maximum Gasteiger partial charge on any atom is 0.257 e. The molecule has 3 aromatic rings. The fourth-order valence-electron chi connectivity index (χ4n) is 6.99. The van der Waals surface area contributed by atoms with Gasteiger partial charge in [-0.25, -0.2) is 0 Å². The SMILES string of the molecule is CNC(=O)[C@@H](NC(=O)[C@H]1CN(C(=O)c2cnn(Cc3ccccc3)c2)CC12CN(C(=O)CC1CCC1)C2)[C@@H](C)OCc1ccccc1. The number of likely N-dealkylation sites (tertiary alicyclic amines) is 2. The predicted molar refractivity (Wildman–Crippen MR) is 175 cm³/mol. The van der Waals surface area contributed by atoms with E-state index >= 15 is 0 Å². The van der Waals surface area contributed by atoms with E-state index in [1.54, 1.807) is 28.9 Å². The summed E-state index contributed by atoms with van der Waals surface area (Å²) in [6.45, 7) is 3.91. The average Bonchev–Trinajstić information content (AvgIpc) is 3.69. The Bertz CT molecular complexity index is 1570. The second-order valence-corrected chi connectivity index (χ2v) is 13.4. The van der Waals surface area contributed by atoms with Crippen molar-refractivity contribution in [2.45, 2.75) is 57.9 Å². The standard InChI is InChI=1S/C36H44N6O5/c1-25(47-21-28-12-7-4-8-13-28)32(34(45)37-2)39-33(44)30-20-40(22-36(30)23-41(24-36)31(43)16-26-14-9-15-26)35(46)29-17-38-42(19-29)18-27-10-5-3-6-11-27/h3-8,10-13,17,19,25-26,30,32H,9,14-16,18,20-24H2,1-2H3,(H,37,45)(H,39,44)/t25-,30-,32+/m1/s1. The highest BCUT2D eigenvalue weighted by Gasteiger charge is 2.59. The Morgan fingerprint density at radius 3 is 2.26 bits per heavy atom. The average molecular weight is 641 g/mol. The summed E-state index contributed by atoms with van der Waals surface area (Å²) in [6, 6.07) is 18.6. The minimum absolute atomic E-state index is 0.109. The number of likely N-dealkylation sites (N-methyl/N-ethyl adjacent to an activating group) is 1. The lowest BCUT2D eigenvalue weighted by molar-refractivity contribution is -0.152. The molecule has 2 saturated heterocycles. The summed E-state index contributed by atoms with van der Waals surface area (Å²) < 4.78 is 7.76. The van der Waals surface area contributed by atoms with E-state index in [4.69, 9.17) is 4.74 Å². The van der Waals surface area contributed by atoms with Crippen LogP contribution in [0.5, 0.6) is 0 Å². The molecule has 2 aliphatic heterocycles. The van der Waals surface area contributed by atoms with Gasteiger partial charge in [0.05, 0.1) is 36.9 Å². The van der Waals surface area contributed by atoms with Crippen molar-refractivity contribution in [3.05, 3.63) is 89.7 Å². The molecule has 1 saturated carbocycles. The molecule has 1 aromatic heterocycles. The molecule has 3 aliphatic rings. The summed E-state index contributed by atoms with van der Waals surface area (Å²) >= 11 is 0. The van der Waals surface area contributed by atoms with Gasteiger partial charge in [0.1, 0.15) is 6.04 Å². The lowest BCUT2D eigenvalue weighted by atomic mass is 9.70. The summed E-state index contributed by atoms with van der Waals surface area (Å²) in [7, 11) is 1.53. The van der Waals surface area contributed by atoms with E-state index in [2.05, 4.69) is 15.7 Å². The maximum atomic E-state index is 14.1. The number of hydrogen-bond donors (Lipinski definition) is 2. The highest BCUT2D eigenvalue weighted by molar-refractivity contribution is 5.95. The second-order valence-electron chi connectivity index (χ2n) is 13.4. The van der Waals surface area contributed by atoms with Crippen molar-refractivity contribution in [3.63, 3.8) is 0 Å². The number of hydrogen-bond acceptors (Lipinski definition) is 6. The molecule has 11 nitrogen and oxygen atoms in total. The second kappa shape index (κ2) is 14.1. The van der Waals surface area contributed by atoms with E-state index in [1.807, 2.05) is 65.6 Å². The van der Waals surface area contributed by atoms with Crippen LogP contribution in [0.1, 0.15) is 54.1 Å². The fourth-order valence-corrected chi connectivity index (χ4v) is 6.99. The number of nitrogens with zero attached hydrogens (tertiary/aromatic N) is 4. The number of carbonyl (C=O) groups is 4. The smallest absolute Gasteiger partial charge is 0.257 e. The van der Waals surface area contributed by atoms with Gasteiger partial charge in [0.25, 0.3) is 5.91 Å². The van der Waals surface area contributed by atoms with E-state index in [9.17, 15) is 19.2 Å². The zero-order valence-corrected chi connectivity index (χ0v) is 27.1. The molecule has 3 fully saturated rings. The summed E-state index contributed by atoms with van der Waals surface area (Å²) in [6.07, 6.45) is 6.55. The van der Waals surface area contributed by atoms with Crippen molar-refractivity contribution < 1.29 is 23.9 Å². The number of benzene rings is 2. The van der Waals surface area contributed by atoms with Gasteiger partial charge in [-0.1, -0.05) is 67.1 Å².